The number of hydrogen-bond acceptors (Lipinski definition) is 5. The summed E-state index contributed by atoms with van der Waals surface area (Å²) < 4.78 is 0. The van der Waals surface area contributed by atoms with Gasteiger partial charge in [0.25, 0.3) is 0 Å². The van der Waals surface area contributed by atoms with Crippen LogP contribution in [0.1, 0.15) is 78.6 Å². The molecule has 4 saturated carbocycles. The predicted molar refractivity (Wildman–Crippen MR) is 123 cm³/mol. The molecule has 5 N–H and O–H groups in total. The molecule has 0 bridgehead atoms. The first-order chi connectivity index (χ1) is 15.5. The maximum Gasteiger partial charge on any atom is 0.322 e. The summed E-state index contributed by atoms with van der Waals surface area (Å²) >= 11 is 0. The zero-order valence-electron chi connectivity index (χ0n) is 20.4. The van der Waals surface area contributed by atoms with Gasteiger partial charge >= 0.3 is 5.97 Å². The second kappa shape index (κ2) is 9.12. The number of aliphatic hydroxyl groups is 3. The number of nitrogens with one attached hydrogen (secondary N) is 1. The number of rotatable bonds is 6. The van der Waals surface area contributed by atoms with Gasteiger partial charge in [-0.15, -0.1) is 0 Å². The van der Waals surface area contributed by atoms with Crippen LogP contribution >= 0.6 is 0 Å². The van der Waals surface area contributed by atoms with Crippen molar-refractivity contribution in [3.05, 3.63) is 0 Å². The van der Waals surface area contributed by atoms with Crippen molar-refractivity contribution < 1.29 is 30.0 Å². The van der Waals surface area contributed by atoms with Crippen LogP contribution in [0.5, 0.6) is 0 Å². The molecule has 0 aromatic heterocycles. The van der Waals surface area contributed by atoms with Crippen molar-refractivity contribution in [2.45, 2.75) is 96.9 Å². The Morgan fingerprint density at radius 2 is 1.76 bits per heavy atom. The van der Waals surface area contributed by atoms with E-state index in [-0.39, 0.29) is 65.1 Å². The van der Waals surface area contributed by atoms with Gasteiger partial charge < -0.3 is 25.7 Å². The number of amides is 1. The summed E-state index contributed by atoms with van der Waals surface area (Å²) in [6, 6.07) is 0. The summed E-state index contributed by atoms with van der Waals surface area (Å²) in [5, 5.41) is 44.4. The number of carboxylic acids is 1. The van der Waals surface area contributed by atoms with Gasteiger partial charge in [0.1, 0.15) is 6.54 Å². The van der Waals surface area contributed by atoms with Gasteiger partial charge in [-0.3, -0.25) is 9.59 Å². The average Bonchev–Trinajstić information content (AvgIpc) is 3.11. The van der Waals surface area contributed by atoms with Gasteiger partial charge in [-0.25, -0.2) is 0 Å². The molecule has 0 aromatic rings. The first kappa shape index (κ1) is 24.9. The molecule has 0 saturated heterocycles. The monoisotopic (exact) mass is 465 g/mol. The molecule has 4 fully saturated rings. The van der Waals surface area contributed by atoms with Crippen molar-refractivity contribution in [1.29, 1.82) is 0 Å². The van der Waals surface area contributed by atoms with Gasteiger partial charge in [0.05, 0.1) is 18.3 Å². The lowest BCUT2D eigenvalue weighted by atomic mass is 9.43. The molecule has 4 aliphatic rings. The van der Waals surface area contributed by atoms with Crippen molar-refractivity contribution in [2.24, 2.45) is 46.3 Å². The average molecular weight is 466 g/mol. The van der Waals surface area contributed by atoms with Gasteiger partial charge in [-0.05, 0) is 97.7 Å². The molecule has 7 heteroatoms. The molecule has 0 spiro atoms. The van der Waals surface area contributed by atoms with E-state index >= 15 is 0 Å². The highest BCUT2D eigenvalue weighted by atomic mass is 16.4. The molecule has 11 atom stereocenters. The molecule has 0 heterocycles. The van der Waals surface area contributed by atoms with E-state index in [1.165, 1.54) is 0 Å². The van der Waals surface area contributed by atoms with E-state index in [0.29, 0.717) is 25.2 Å². The number of hydrogen-bond donors (Lipinski definition) is 5. The number of carbonyl (C=O) groups is 2. The Hall–Kier alpha value is -1.18. The van der Waals surface area contributed by atoms with Crippen LogP contribution in [0.25, 0.3) is 0 Å². The molecule has 0 radical (unpaired) electrons. The minimum absolute atomic E-state index is 0.0668. The van der Waals surface area contributed by atoms with Crippen LogP contribution in [0.4, 0.5) is 0 Å². The van der Waals surface area contributed by atoms with E-state index in [4.69, 9.17) is 5.11 Å². The van der Waals surface area contributed by atoms with Gasteiger partial charge in [0, 0.05) is 6.42 Å². The lowest BCUT2D eigenvalue weighted by molar-refractivity contribution is -0.207. The fourth-order valence-corrected chi connectivity index (χ4v) is 8.95. The zero-order chi connectivity index (χ0) is 24.1. The molecule has 33 heavy (non-hydrogen) atoms. The van der Waals surface area contributed by atoms with E-state index in [1.54, 1.807) is 0 Å². The van der Waals surface area contributed by atoms with Gasteiger partial charge in [0.2, 0.25) is 5.91 Å². The smallest absolute Gasteiger partial charge is 0.322 e. The molecule has 4 aliphatic carbocycles. The number of carbonyl (C=O) groups excluding carboxylic acids is 1. The van der Waals surface area contributed by atoms with Crippen LogP contribution in [0, 0.1) is 46.3 Å². The zero-order valence-corrected chi connectivity index (χ0v) is 20.4. The standard InChI is InChI=1S/C26H43NO6/c1-14(4-7-22(31)27-13-23(32)33)17-5-6-18-24-19(12-21(30)26(17,18)3)25(2)9-8-16(28)10-15(25)11-20(24)29/h14-21,24,28-30H,4-13H2,1-3H3,(H,27,31)(H,32,33)/t14-,15+,16-,17+,18+,19+,20+,21+,24+,25+,26-/m0/s1. The summed E-state index contributed by atoms with van der Waals surface area (Å²) in [5.41, 5.74) is -0.214. The van der Waals surface area contributed by atoms with Crippen LogP contribution in [0.3, 0.4) is 0 Å². The van der Waals surface area contributed by atoms with E-state index < -0.39 is 12.1 Å². The predicted octanol–water partition coefficient (Wildman–Crippen LogP) is 2.56. The maximum absolute atomic E-state index is 12.0. The first-order valence-corrected chi connectivity index (χ1v) is 13.0. The lowest BCUT2D eigenvalue weighted by Gasteiger charge is -2.63. The molecule has 0 aromatic carbocycles. The third kappa shape index (κ3) is 4.23. The van der Waals surface area contributed by atoms with E-state index in [1.807, 2.05) is 0 Å². The molecular weight excluding hydrogens is 422 g/mol. The van der Waals surface area contributed by atoms with Crippen molar-refractivity contribution in [2.75, 3.05) is 6.54 Å². The summed E-state index contributed by atoms with van der Waals surface area (Å²) in [5.74, 6) is 0.265. The largest absolute Gasteiger partial charge is 0.480 e. The van der Waals surface area contributed by atoms with Crippen molar-refractivity contribution in [3.63, 3.8) is 0 Å². The summed E-state index contributed by atoms with van der Waals surface area (Å²) in [6.45, 7) is 6.35. The second-order valence-corrected chi connectivity index (χ2v) is 12.2. The maximum atomic E-state index is 12.0. The summed E-state index contributed by atoms with van der Waals surface area (Å²) in [4.78, 5) is 22.7. The molecular formula is C26H43NO6. The van der Waals surface area contributed by atoms with E-state index in [0.717, 1.165) is 38.5 Å². The Kier molecular flexibility index (Phi) is 6.89. The van der Waals surface area contributed by atoms with Gasteiger partial charge in [-0.2, -0.15) is 0 Å². The second-order valence-electron chi connectivity index (χ2n) is 12.2. The van der Waals surface area contributed by atoms with Crippen molar-refractivity contribution in [1.82, 2.24) is 5.32 Å². The highest BCUT2D eigenvalue weighted by Gasteiger charge is 2.65. The molecule has 7 nitrogen and oxygen atoms in total. The fourth-order valence-electron chi connectivity index (χ4n) is 8.95. The Balaban J connectivity index is 1.49. The number of carboxylic acid groups (broad SMARTS) is 1. The number of fused-ring (bicyclic) bond motifs is 5. The molecule has 0 unspecified atom stereocenters. The third-order valence-corrected chi connectivity index (χ3v) is 10.8. The van der Waals surface area contributed by atoms with Gasteiger partial charge in [0.15, 0.2) is 0 Å². The summed E-state index contributed by atoms with van der Waals surface area (Å²) in [7, 11) is 0. The van der Waals surface area contributed by atoms with Crippen LogP contribution in [-0.4, -0.2) is 57.2 Å². The number of aliphatic carboxylic acids is 1. The fraction of sp³-hybridized carbons (Fsp3) is 0.923. The highest BCUT2D eigenvalue weighted by Crippen LogP contribution is 2.68. The highest BCUT2D eigenvalue weighted by molar-refractivity contribution is 5.81. The Bertz CT molecular complexity index is 759. The first-order valence-electron chi connectivity index (χ1n) is 13.0. The normalized spacial score (nSPS) is 47.7. The van der Waals surface area contributed by atoms with Crippen LogP contribution in [0.2, 0.25) is 0 Å². The Labute approximate surface area is 197 Å². The SMILES string of the molecule is C[C@@H](CCC(=O)NCC(=O)O)[C@H]1CC[C@@H]2[C@H]3[C@H](O)C[C@H]4C[C@@H](O)CC[C@@]4(C)[C@@H]3C[C@@H](O)[C@]21C. The van der Waals surface area contributed by atoms with Crippen LogP contribution in [-0.2, 0) is 9.59 Å². The minimum Gasteiger partial charge on any atom is -0.480 e. The molecule has 0 aliphatic heterocycles. The molecule has 188 valence electrons. The van der Waals surface area contributed by atoms with Gasteiger partial charge in [-0.1, -0.05) is 20.8 Å². The van der Waals surface area contributed by atoms with E-state index in [2.05, 4.69) is 26.1 Å². The quantitative estimate of drug-likeness (QED) is 0.410. The van der Waals surface area contributed by atoms with Crippen LogP contribution in [0.15, 0.2) is 0 Å². The minimum atomic E-state index is -1.04. The topological polar surface area (TPSA) is 127 Å². The van der Waals surface area contributed by atoms with Crippen molar-refractivity contribution in [3.8, 4) is 0 Å². The van der Waals surface area contributed by atoms with E-state index in [9.17, 15) is 24.9 Å². The third-order valence-electron chi connectivity index (χ3n) is 10.8. The Morgan fingerprint density at radius 3 is 2.45 bits per heavy atom. The lowest BCUT2D eigenvalue weighted by Crippen LogP contribution is -2.62. The molecule has 4 rings (SSSR count). The molecule has 1 amide bonds. The van der Waals surface area contributed by atoms with Crippen molar-refractivity contribution >= 4 is 11.9 Å². The van der Waals surface area contributed by atoms with Crippen LogP contribution < -0.4 is 5.32 Å². The number of aliphatic hydroxyl groups excluding tert-OH is 3. The summed E-state index contributed by atoms with van der Waals surface area (Å²) in [6.07, 6.45) is 5.86. The Morgan fingerprint density at radius 1 is 1.03 bits per heavy atom.